The van der Waals surface area contributed by atoms with E-state index in [-0.39, 0.29) is 0 Å². The van der Waals surface area contributed by atoms with Gasteiger partial charge in [0.05, 0.1) is 14.2 Å². The summed E-state index contributed by atoms with van der Waals surface area (Å²) in [5.41, 5.74) is 5.05. The number of benzene rings is 2. The van der Waals surface area contributed by atoms with Crippen molar-refractivity contribution >= 4 is 21.8 Å². The normalized spacial score (nSPS) is 11.2. The fourth-order valence-electron chi connectivity index (χ4n) is 3.67. The summed E-state index contributed by atoms with van der Waals surface area (Å²) in [6.07, 6.45) is 6.29. The van der Waals surface area contributed by atoms with Crippen LogP contribution >= 0.6 is 0 Å². The number of nitrogens with zero attached hydrogens (tertiary/aromatic N) is 2. The van der Waals surface area contributed by atoms with Gasteiger partial charge in [-0.25, -0.2) is 0 Å². The second kappa shape index (κ2) is 11.1. The molecule has 0 unspecified atom stereocenters. The Bertz CT molecular complexity index is 1040. The van der Waals surface area contributed by atoms with E-state index < -0.39 is 0 Å². The molecule has 2 N–H and O–H groups in total. The van der Waals surface area contributed by atoms with Crippen molar-refractivity contribution in [3.63, 3.8) is 0 Å². The van der Waals surface area contributed by atoms with Gasteiger partial charge in [0, 0.05) is 47.3 Å². The van der Waals surface area contributed by atoms with Crippen molar-refractivity contribution < 1.29 is 9.47 Å². The quantitative estimate of drug-likeness (QED) is 0.425. The van der Waals surface area contributed by atoms with Gasteiger partial charge in [0.25, 0.3) is 0 Å². The highest BCUT2D eigenvalue weighted by atomic mass is 16.5. The number of hydrogen-bond donors (Lipinski definition) is 2. The van der Waals surface area contributed by atoms with E-state index in [4.69, 9.17) is 9.47 Å². The summed E-state index contributed by atoms with van der Waals surface area (Å²) in [7, 11) is 11.8. The summed E-state index contributed by atoms with van der Waals surface area (Å²) in [4.78, 5) is 11.0. The third kappa shape index (κ3) is 6.05. The van der Waals surface area contributed by atoms with E-state index in [0.717, 1.165) is 37.4 Å². The largest absolute Gasteiger partial charge is 0.497 e. The molecule has 0 aliphatic rings. The van der Waals surface area contributed by atoms with Gasteiger partial charge in [-0.1, -0.05) is 0 Å². The van der Waals surface area contributed by atoms with Crippen molar-refractivity contribution in [1.82, 2.24) is 19.8 Å². The highest BCUT2D eigenvalue weighted by molar-refractivity contribution is 5.85. The van der Waals surface area contributed by atoms with Gasteiger partial charge in [0.15, 0.2) is 0 Å². The van der Waals surface area contributed by atoms with Gasteiger partial charge in [0.2, 0.25) is 0 Å². The van der Waals surface area contributed by atoms with Gasteiger partial charge in [-0.2, -0.15) is 0 Å². The van der Waals surface area contributed by atoms with E-state index in [9.17, 15) is 0 Å². The molecular weight excluding hydrogens is 400 g/mol. The SMILES string of the molecule is COc1ccc2[nH]cc(CCN(C)C)c2c1.COc1ccc2[nH]cc(CCN(C)C)c2c1. The van der Waals surface area contributed by atoms with Crippen molar-refractivity contribution in [2.75, 3.05) is 55.5 Å². The van der Waals surface area contributed by atoms with Crippen LogP contribution in [0.3, 0.4) is 0 Å². The number of aromatic amines is 2. The molecule has 0 saturated carbocycles. The molecule has 0 fully saturated rings. The van der Waals surface area contributed by atoms with E-state index in [1.54, 1.807) is 14.2 Å². The lowest BCUT2D eigenvalue weighted by molar-refractivity contribution is 0.413. The molecule has 0 amide bonds. The Morgan fingerprint density at radius 1 is 0.656 bits per heavy atom. The zero-order valence-corrected chi connectivity index (χ0v) is 20.2. The van der Waals surface area contributed by atoms with Crippen LogP contribution in [0.2, 0.25) is 0 Å². The summed E-state index contributed by atoms with van der Waals surface area (Å²) < 4.78 is 10.5. The topological polar surface area (TPSA) is 56.5 Å². The summed E-state index contributed by atoms with van der Waals surface area (Å²) in [6.45, 7) is 2.12. The lowest BCUT2D eigenvalue weighted by atomic mass is 10.1. The predicted octanol–water partition coefficient (Wildman–Crippen LogP) is 4.56. The third-order valence-electron chi connectivity index (χ3n) is 5.61. The maximum absolute atomic E-state index is 5.25. The van der Waals surface area contributed by atoms with Crippen LogP contribution in [0.1, 0.15) is 11.1 Å². The van der Waals surface area contributed by atoms with Crippen LogP contribution in [0, 0.1) is 0 Å². The van der Waals surface area contributed by atoms with Crippen LogP contribution < -0.4 is 9.47 Å². The minimum Gasteiger partial charge on any atom is -0.497 e. The Kier molecular flexibility index (Phi) is 8.20. The second-order valence-corrected chi connectivity index (χ2v) is 8.56. The Morgan fingerprint density at radius 2 is 1.06 bits per heavy atom. The van der Waals surface area contributed by atoms with Crippen LogP contribution in [0.15, 0.2) is 48.8 Å². The van der Waals surface area contributed by atoms with Crippen molar-refractivity contribution in [2.24, 2.45) is 0 Å². The molecule has 0 saturated heterocycles. The molecule has 2 heterocycles. The van der Waals surface area contributed by atoms with Crippen molar-refractivity contribution in [3.05, 3.63) is 59.9 Å². The molecule has 6 heteroatoms. The number of H-pyrrole nitrogens is 2. The molecule has 0 bridgehead atoms. The molecule has 2 aromatic heterocycles. The summed E-state index contributed by atoms with van der Waals surface area (Å²) in [5.74, 6) is 1.83. The molecule has 0 aliphatic heterocycles. The molecule has 0 atom stereocenters. The van der Waals surface area contributed by atoms with Crippen molar-refractivity contribution in [3.8, 4) is 11.5 Å². The fraction of sp³-hybridized carbons (Fsp3) is 0.385. The first-order chi connectivity index (χ1) is 15.4. The predicted molar refractivity (Wildman–Crippen MR) is 134 cm³/mol. The van der Waals surface area contributed by atoms with Crippen LogP contribution in [0.5, 0.6) is 11.5 Å². The zero-order chi connectivity index (χ0) is 23.1. The van der Waals surface area contributed by atoms with Gasteiger partial charge in [-0.3, -0.25) is 0 Å². The van der Waals surface area contributed by atoms with Gasteiger partial charge >= 0.3 is 0 Å². The van der Waals surface area contributed by atoms with Gasteiger partial charge < -0.3 is 29.2 Å². The third-order valence-corrected chi connectivity index (χ3v) is 5.61. The molecular formula is C26H36N4O2. The molecule has 0 aliphatic carbocycles. The Balaban J connectivity index is 0.000000181. The highest BCUT2D eigenvalue weighted by Gasteiger charge is 2.06. The number of nitrogens with one attached hydrogen (secondary N) is 2. The first-order valence-corrected chi connectivity index (χ1v) is 11.0. The van der Waals surface area contributed by atoms with Gasteiger partial charge in [-0.15, -0.1) is 0 Å². The molecule has 0 spiro atoms. The zero-order valence-electron chi connectivity index (χ0n) is 20.2. The van der Waals surface area contributed by atoms with Crippen LogP contribution in [0.25, 0.3) is 21.8 Å². The average molecular weight is 437 g/mol. The first kappa shape index (κ1) is 23.7. The second-order valence-electron chi connectivity index (χ2n) is 8.56. The molecule has 2 aromatic carbocycles. The summed E-state index contributed by atoms with van der Waals surface area (Å²) >= 11 is 0. The number of hydrogen-bond acceptors (Lipinski definition) is 4. The number of aromatic nitrogens is 2. The first-order valence-electron chi connectivity index (χ1n) is 11.0. The van der Waals surface area contributed by atoms with E-state index in [1.807, 2.05) is 12.1 Å². The Morgan fingerprint density at radius 3 is 1.41 bits per heavy atom. The van der Waals surface area contributed by atoms with Gasteiger partial charge in [0.1, 0.15) is 11.5 Å². The molecule has 32 heavy (non-hydrogen) atoms. The molecule has 0 radical (unpaired) electrons. The lowest BCUT2D eigenvalue weighted by Gasteiger charge is -2.08. The Labute approximate surface area is 191 Å². The molecule has 172 valence electrons. The minimum absolute atomic E-state index is 0.915. The molecule has 4 aromatic rings. The summed E-state index contributed by atoms with van der Waals surface area (Å²) in [6, 6.07) is 12.3. The smallest absolute Gasteiger partial charge is 0.119 e. The molecule has 4 rings (SSSR count). The monoisotopic (exact) mass is 436 g/mol. The number of methoxy groups -OCH3 is 2. The van der Waals surface area contributed by atoms with Crippen molar-refractivity contribution in [2.45, 2.75) is 12.8 Å². The number of fused-ring (bicyclic) bond motifs is 2. The van der Waals surface area contributed by atoms with Crippen LogP contribution in [-0.4, -0.2) is 75.3 Å². The maximum Gasteiger partial charge on any atom is 0.119 e. The lowest BCUT2D eigenvalue weighted by Crippen LogP contribution is -2.14. The van der Waals surface area contributed by atoms with E-state index in [1.165, 1.54) is 32.9 Å². The number of rotatable bonds is 8. The van der Waals surface area contributed by atoms with Crippen LogP contribution in [0.4, 0.5) is 0 Å². The van der Waals surface area contributed by atoms with E-state index >= 15 is 0 Å². The average Bonchev–Trinajstić information content (AvgIpc) is 3.39. The fourth-order valence-corrected chi connectivity index (χ4v) is 3.67. The summed E-state index contributed by atoms with van der Waals surface area (Å²) in [5, 5.41) is 2.53. The van der Waals surface area contributed by atoms with E-state index in [2.05, 4.69) is 84.6 Å². The maximum atomic E-state index is 5.25. The Hall–Kier alpha value is -2.96. The number of ether oxygens (including phenoxy) is 2. The van der Waals surface area contributed by atoms with Crippen molar-refractivity contribution in [1.29, 1.82) is 0 Å². The van der Waals surface area contributed by atoms with Gasteiger partial charge in [-0.05, 0) is 88.6 Å². The standard InChI is InChI=1S/2C13H18N2O/c2*1-15(2)7-6-10-9-14-13-5-4-11(16-3)8-12(10)13/h2*4-5,8-9,14H,6-7H2,1-3H3. The van der Waals surface area contributed by atoms with Crippen LogP contribution in [-0.2, 0) is 12.8 Å². The highest BCUT2D eigenvalue weighted by Crippen LogP contribution is 2.25. The van der Waals surface area contributed by atoms with E-state index in [0.29, 0.717) is 0 Å². The number of likely N-dealkylation sites (N-methyl/N-ethyl adjacent to an activating group) is 2. The molecule has 6 nitrogen and oxygen atoms in total. The minimum atomic E-state index is 0.915.